The molecule has 208 valence electrons. The number of nitrogens with one attached hydrogen (secondary N) is 1. The lowest BCUT2D eigenvalue weighted by Crippen LogP contribution is -2.61. The van der Waals surface area contributed by atoms with Gasteiger partial charge in [0.2, 0.25) is 5.95 Å². The lowest BCUT2D eigenvalue weighted by Gasteiger charge is -2.47. The molecule has 0 unspecified atom stereocenters. The van der Waals surface area contributed by atoms with Crippen LogP contribution in [0.1, 0.15) is 12.6 Å². The number of anilines is 3. The Morgan fingerprint density at radius 1 is 1.07 bits per heavy atom. The highest BCUT2D eigenvalue weighted by atomic mass is 35.5. The molecule has 0 aliphatic carbocycles. The third-order valence-corrected chi connectivity index (χ3v) is 7.50. The summed E-state index contributed by atoms with van der Waals surface area (Å²) in [5.41, 5.74) is 4.61. The molecule has 1 atom stereocenters. The summed E-state index contributed by atoms with van der Waals surface area (Å²) in [5.74, 6) is 1.07. The summed E-state index contributed by atoms with van der Waals surface area (Å²) in [6.45, 7) is 10.1. The molecule has 1 N–H and O–H groups in total. The quantitative estimate of drug-likeness (QED) is 0.324. The van der Waals surface area contributed by atoms with Gasteiger partial charge in [0.15, 0.2) is 0 Å². The zero-order valence-electron chi connectivity index (χ0n) is 22.4. The minimum absolute atomic E-state index is 0.187. The van der Waals surface area contributed by atoms with Crippen LogP contribution in [-0.2, 0) is 11.3 Å². The van der Waals surface area contributed by atoms with E-state index in [0.29, 0.717) is 29.3 Å². The normalized spacial score (nSPS) is 16.9. The van der Waals surface area contributed by atoms with Crippen LogP contribution in [0.4, 0.5) is 17.3 Å². The van der Waals surface area contributed by atoms with Gasteiger partial charge in [0.05, 0.1) is 48.0 Å². The van der Waals surface area contributed by atoms with Crippen LogP contribution in [0.2, 0.25) is 5.02 Å². The molecule has 13 heteroatoms. The van der Waals surface area contributed by atoms with Crippen molar-refractivity contribution in [3.63, 3.8) is 0 Å². The number of rotatable bonds is 9. The number of halogens is 1. The van der Waals surface area contributed by atoms with E-state index in [1.54, 1.807) is 23.4 Å². The first-order chi connectivity index (χ1) is 19.5. The largest absolute Gasteiger partial charge is 0.487 e. The maximum Gasteiger partial charge on any atom is 0.227 e. The van der Waals surface area contributed by atoms with Crippen molar-refractivity contribution in [3.05, 3.63) is 59.9 Å². The number of nitrogens with zero attached hydrogens (tertiary/aromatic N) is 9. The predicted molar refractivity (Wildman–Crippen MR) is 151 cm³/mol. The summed E-state index contributed by atoms with van der Waals surface area (Å²) in [6, 6.07) is 8.31. The maximum absolute atomic E-state index is 6.41. The van der Waals surface area contributed by atoms with Gasteiger partial charge in [0.25, 0.3) is 0 Å². The van der Waals surface area contributed by atoms with Crippen LogP contribution in [0.15, 0.2) is 49.2 Å². The fraction of sp³-hybridized carbons (Fsp3) is 0.407. The van der Waals surface area contributed by atoms with Gasteiger partial charge in [-0.05, 0) is 48.0 Å². The molecule has 4 aromatic rings. The topological polar surface area (TPSA) is 119 Å². The Labute approximate surface area is 237 Å². The molecule has 40 heavy (non-hydrogen) atoms. The zero-order valence-corrected chi connectivity index (χ0v) is 23.2. The summed E-state index contributed by atoms with van der Waals surface area (Å²) in [4.78, 5) is 18.6. The van der Waals surface area contributed by atoms with Crippen molar-refractivity contribution in [1.29, 1.82) is 0 Å². The average Bonchev–Trinajstić information content (AvgIpc) is 3.45. The first-order valence-electron chi connectivity index (χ1n) is 13.3. The Kier molecular flexibility index (Phi) is 7.71. The molecular formula is C27H31ClN10O2. The van der Waals surface area contributed by atoms with Crippen molar-refractivity contribution < 1.29 is 9.47 Å². The Morgan fingerprint density at radius 2 is 1.88 bits per heavy atom. The molecule has 0 spiro atoms. The van der Waals surface area contributed by atoms with E-state index in [2.05, 4.69) is 51.7 Å². The SMILES string of the molecule is Cc1ncc(N2CC(N3CCOCC3)C2)cc1Nc1ncc(-c2ccc(Cl)c(O[C@@H](C)Cn3cnnn3)c2)cn1. The van der Waals surface area contributed by atoms with Crippen LogP contribution >= 0.6 is 11.6 Å². The lowest BCUT2D eigenvalue weighted by atomic mass is 10.1. The number of aromatic nitrogens is 7. The Balaban J connectivity index is 1.10. The van der Waals surface area contributed by atoms with Crippen molar-refractivity contribution in [3.8, 4) is 16.9 Å². The predicted octanol–water partition coefficient (Wildman–Crippen LogP) is 3.22. The van der Waals surface area contributed by atoms with Crippen LogP contribution in [0.5, 0.6) is 5.75 Å². The van der Waals surface area contributed by atoms with Gasteiger partial charge in [-0.25, -0.2) is 14.6 Å². The van der Waals surface area contributed by atoms with E-state index >= 15 is 0 Å². The van der Waals surface area contributed by atoms with Gasteiger partial charge in [0.1, 0.15) is 18.2 Å². The van der Waals surface area contributed by atoms with Gasteiger partial charge < -0.3 is 19.7 Å². The second-order valence-corrected chi connectivity index (χ2v) is 10.5. The molecule has 2 aliphatic heterocycles. The van der Waals surface area contributed by atoms with E-state index in [4.69, 9.17) is 21.1 Å². The molecule has 0 bridgehead atoms. The minimum atomic E-state index is -0.187. The third kappa shape index (κ3) is 5.98. The second-order valence-electron chi connectivity index (χ2n) is 10.1. The molecule has 2 saturated heterocycles. The van der Waals surface area contributed by atoms with Crippen molar-refractivity contribution in [1.82, 2.24) is 40.1 Å². The standard InChI is InChI=1S/C27H31ClN10O2/c1-18(14-38-17-32-34-35-38)40-26-9-20(3-4-24(26)28)21-11-30-27(31-12-21)33-25-10-22(13-29-19(25)2)37-15-23(16-37)36-5-7-39-8-6-36/h3-4,9-13,17-18,23H,5-8,14-16H2,1-2H3,(H,30,31,33)/t18-/m0/s1. The minimum Gasteiger partial charge on any atom is -0.487 e. The van der Waals surface area contributed by atoms with Gasteiger partial charge in [-0.3, -0.25) is 9.88 Å². The van der Waals surface area contributed by atoms with E-state index in [1.807, 2.05) is 38.2 Å². The van der Waals surface area contributed by atoms with E-state index in [0.717, 1.165) is 67.6 Å². The Bertz CT molecular complexity index is 1420. The van der Waals surface area contributed by atoms with Crippen molar-refractivity contribution in [2.24, 2.45) is 0 Å². The third-order valence-electron chi connectivity index (χ3n) is 7.19. The van der Waals surface area contributed by atoms with Crippen molar-refractivity contribution in [2.75, 3.05) is 49.6 Å². The van der Waals surface area contributed by atoms with E-state index in [9.17, 15) is 0 Å². The van der Waals surface area contributed by atoms with Gasteiger partial charge >= 0.3 is 0 Å². The molecule has 12 nitrogen and oxygen atoms in total. The van der Waals surface area contributed by atoms with Crippen LogP contribution in [0.3, 0.4) is 0 Å². The summed E-state index contributed by atoms with van der Waals surface area (Å²) in [6.07, 6.45) is 6.85. The first-order valence-corrected chi connectivity index (χ1v) is 13.7. The van der Waals surface area contributed by atoms with Crippen molar-refractivity contribution >= 4 is 28.9 Å². The van der Waals surface area contributed by atoms with Gasteiger partial charge in [-0.15, -0.1) is 5.10 Å². The van der Waals surface area contributed by atoms with E-state index in [1.165, 1.54) is 0 Å². The number of benzene rings is 1. The number of morpholine rings is 1. The van der Waals surface area contributed by atoms with E-state index in [-0.39, 0.29) is 6.10 Å². The molecule has 2 fully saturated rings. The zero-order chi connectivity index (χ0) is 27.5. The number of ether oxygens (including phenoxy) is 2. The maximum atomic E-state index is 6.41. The number of tetrazole rings is 1. The second kappa shape index (κ2) is 11.7. The van der Waals surface area contributed by atoms with Gasteiger partial charge in [-0.2, -0.15) is 0 Å². The van der Waals surface area contributed by atoms with Crippen LogP contribution < -0.4 is 15.0 Å². The molecule has 5 heterocycles. The lowest BCUT2D eigenvalue weighted by molar-refractivity contribution is 0.0105. The molecule has 0 saturated carbocycles. The van der Waals surface area contributed by atoms with E-state index < -0.39 is 0 Å². The van der Waals surface area contributed by atoms with Crippen LogP contribution in [0, 0.1) is 6.92 Å². The van der Waals surface area contributed by atoms with Crippen LogP contribution in [0.25, 0.3) is 11.1 Å². The highest BCUT2D eigenvalue weighted by Crippen LogP contribution is 2.32. The highest BCUT2D eigenvalue weighted by Gasteiger charge is 2.33. The molecule has 0 amide bonds. The van der Waals surface area contributed by atoms with Gasteiger partial charge in [0, 0.05) is 50.2 Å². The summed E-state index contributed by atoms with van der Waals surface area (Å²) < 4.78 is 13.2. The average molecular weight is 563 g/mol. The fourth-order valence-electron chi connectivity index (χ4n) is 4.88. The fourth-order valence-corrected chi connectivity index (χ4v) is 5.04. The number of hydrogen-bond donors (Lipinski definition) is 1. The molecule has 6 rings (SSSR count). The highest BCUT2D eigenvalue weighted by molar-refractivity contribution is 6.32. The number of hydrogen-bond acceptors (Lipinski definition) is 11. The molecular weight excluding hydrogens is 532 g/mol. The number of aryl methyl sites for hydroxylation is 1. The summed E-state index contributed by atoms with van der Waals surface area (Å²) in [5, 5.41) is 15.0. The Hall–Kier alpha value is -3.87. The molecule has 3 aromatic heterocycles. The molecule has 2 aliphatic rings. The summed E-state index contributed by atoms with van der Waals surface area (Å²) >= 11 is 6.41. The monoisotopic (exact) mass is 562 g/mol. The van der Waals surface area contributed by atoms with Crippen LogP contribution in [-0.4, -0.2) is 91.6 Å². The molecule has 1 aromatic carbocycles. The van der Waals surface area contributed by atoms with Crippen molar-refractivity contribution in [2.45, 2.75) is 32.5 Å². The Morgan fingerprint density at radius 3 is 2.62 bits per heavy atom. The molecule has 0 radical (unpaired) electrons. The number of pyridine rings is 1. The first kappa shape index (κ1) is 26.4. The summed E-state index contributed by atoms with van der Waals surface area (Å²) in [7, 11) is 0. The van der Waals surface area contributed by atoms with Gasteiger partial charge in [-0.1, -0.05) is 17.7 Å². The smallest absolute Gasteiger partial charge is 0.227 e.